The van der Waals surface area contributed by atoms with Gasteiger partial charge in [-0.3, -0.25) is 0 Å². The summed E-state index contributed by atoms with van der Waals surface area (Å²) in [6.45, 7) is 22.6. The van der Waals surface area contributed by atoms with Crippen LogP contribution in [0.3, 0.4) is 0 Å². The molecule has 6 heteroatoms. The predicted octanol–water partition coefficient (Wildman–Crippen LogP) is 13.9. The molecule has 11 aromatic rings. The van der Waals surface area contributed by atoms with Gasteiger partial charge >= 0.3 is 0 Å². The highest BCUT2D eigenvalue weighted by atomic mass is 16.5. The van der Waals surface area contributed by atoms with Crippen LogP contribution in [0.2, 0.25) is 0 Å². The van der Waals surface area contributed by atoms with Gasteiger partial charge in [-0.25, -0.2) is 0 Å². The fourth-order valence-corrected chi connectivity index (χ4v) is 13.8. The summed E-state index contributed by atoms with van der Waals surface area (Å²) in [5, 5.41) is 5.18. The Hall–Kier alpha value is -7.69. The lowest BCUT2D eigenvalue weighted by atomic mass is 9.31. The molecule has 0 radical (unpaired) electrons. The second-order valence-electron chi connectivity index (χ2n) is 24.4. The minimum Gasteiger partial charge on any atom is -0.456 e. The molecule has 0 aliphatic carbocycles. The second-order valence-corrected chi connectivity index (χ2v) is 24.4. The van der Waals surface area contributed by atoms with Gasteiger partial charge in [0.15, 0.2) is 0 Å². The normalized spacial score (nSPS) is 13.8. The molecule has 2 aromatic heterocycles. The van der Waals surface area contributed by atoms with Gasteiger partial charge in [-0.15, -0.1) is 0 Å². The number of nitrogens with zero attached hydrogens (tertiary/aromatic N) is 2. The summed E-state index contributed by atoms with van der Waals surface area (Å²) in [4.78, 5) is 0. The zero-order valence-electron chi connectivity index (χ0n) is 45.6. The Labute approximate surface area is 447 Å². The lowest BCUT2D eigenvalue weighted by Crippen LogP contribution is -2.63. The van der Waals surface area contributed by atoms with Gasteiger partial charge in [0, 0.05) is 43.5 Å². The Morgan fingerprint density at radius 3 is 1.11 bits per heavy atom. The fraction of sp³-hybridized carbons (Fsp3) is 0.229. The number of hydrogen-bond donors (Lipinski definition) is 0. The molecular formula is C70H62B2N2O2. The highest BCUT2D eigenvalue weighted by Crippen LogP contribution is 2.49. The molecule has 0 saturated heterocycles. The van der Waals surface area contributed by atoms with Crippen LogP contribution >= 0.6 is 0 Å². The molecule has 370 valence electrons. The van der Waals surface area contributed by atoms with E-state index in [2.05, 4.69) is 224 Å². The standard InChI is InChI=1S/C70H62B2N2O2/c1-11-39-15-29-57-49(31-39)51-33-41(13-3)35-55-63(51)73(57)65-61-68(76-59-37-45(21-27-53(59)71(55)61)43-17-23-47(24-18-43)69(5,6)7)66-62-67(65)75-60-38-46(44-19-25-48(26-20-44)70(8,9)10)22-28-54(60)72(62)56-36-42(14-4)34-52-50-32-40(12-2)16-30-58(50)74(66)64(52)56/h15-38H,11-14H2,1-10H3. The van der Waals surface area contributed by atoms with Crippen LogP contribution < -0.4 is 42.3 Å². The van der Waals surface area contributed by atoms with Crippen molar-refractivity contribution in [3.05, 3.63) is 179 Å². The van der Waals surface area contributed by atoms with E-state index < -0.39 is 0 Å². The number of benzene rings is 9. The number of ether oxygens (including phenoxy) is 2. The summed E-state index contributed by atoms with van der Waals surface area (Å²) in [7, 11) is 0. The molecule has 0 N–H and O–H groups in total. The molecule has 0 bridgehead atoms. The van der Waals surface area contributed by atoms with E-state index in [0.717, 1.165) is 71.2 Å². The van der Waals surface area contributed by atoms with E-state index in [1.54, 1.807) is 0 Å². The van der Waals surface area contributed by atoms with Crippen LogP contribution in [0, 0.1) is 0 Å². The smallest absolute Gasteiger partial charge is 0.256 e. The van der Waals surface area contributed by atoms with Crippen molar-refractivity contribution < 1.29 is 9.47 Å². The molecule has 0 amide bonds. The van der Waals surface area contributed by atoms with Gasteiger partial charge in [-0.2, -0.15) is 0 Å². The maximum atomic E-state index is 7.89. The average Bonchev–Trinajstić information content (AvgIpc) is 3.94. The lowest BCUT2D eigenvalue weighted by molar-refractivity contribution is 0.472. The summed E-state index contributed by atoms with van der Waals surface area (Å²) in [5.41, 5.74) is 27.3. The fourth-order valence-electron chi connectivity index (χ4n) is 13.8. The van der Waals surface area contributed by atoms with Gasteiger partial charge < -0.3 is 18.6 Å². The Balaban J connectivity index is 1.09. The maximum Gasteiger partial charge on any atom is 0.256 e. The molecule has 4 aliphatic rings. The molecule has 4 aliphatic heterocycles. The van der Waals surface area contributed by atoms with Crippen LogP contribution in [-0.2, 0) is 36.5 Å². The van der Waals surface area contributed by atoms with Crippen molar-refractivity contribution in [3.8, 4) is 56.6 Å². The summed E-state index contributed by atoms with van der Waals surface area (Å²) < 4.78 is 21.0. The van der Waals surface area contributed by atoms with E-state index in [-0.39, 0.29) is 24.3 Å². The van der Waals surface area contributed by atoms with E-state index in [9.17, 15) is 0 Å². The minimum absolute atomic E-state index is 0.0605. The van der Waals surface area contributed by atoms with E-state index in [1.807, 2.05) is 0 Å². The third-order valence-corrected chi connectivity index (χ3v) is 18.0. The maximum absolute atomic E-state index is 7.89. The van der Waals surface area contributed by atoms with Crippen molar-refractivity contribution in [2.24, 2.45) is 0 Å². The van der Waals surface area contributed by atoms with Gasteiger partial charge in [0.1, 0.15) is 23.0 Å². The molecule has 6 heterocycles. The third kappa shape index (κ3) is 6.27. The number of fused-ring (bicyclic) bond motifs is 16. The van der Waals surface area contributed by atoms with Crippen LogP contribution in [0.5, 0.6) is 23.0 Å². The summed E-state index contributed by atoms with van der Waals surface area (Å²) >= 11 is 0. The predicted molar refractivity (Wildman–Crippen MR) is 323 cm³/mol. The Kier molecular flexibility index (Phi) is 9.57. The van der Waals surface area contributed by atoms with Gasteiger partial charge in [0.2, 0.25) is 0 Å². The molecule has 0 saturated carbocycles. The molecule has 9 aromatic carbocycles. The van der Waals surface area contributed by atoms with E-state index in [4.69, 9.17) is 9.47 Å². The monoisotopic (exact) mass is 984 g/mol. The van der Waals surface area contributed by atoms with Crippen LogP contribution in [0.1, 0.15) is 103 Å². The number of rotatable bonds is 6. The van der Waals surface area contributed by atoms with Gasteiger partial charge in [0.05, 0.1) is 22.4 Å². The van der Waals surface area contributed by atoms with Crippen molar-refractivity contribution >= 4 is 89.8 Å². The number of aromatic nitrogens is 2. The first-order valence-electron chi connectivity index (χ1n) is 28.0. The average molecular weight is 985 g/mol. The zero-order valence-corrected chi connectivity index (χ0v) is 45.6. The first-order chi connectivity index (χ1) is 36.7. The van der Waals surface area contributed by atoms with Gasteiger partial charge in [-0.1, -0.05) is 166 Å². The van der Waals surface area contributed by atoms with Crippen molar-refractivity contribution in [2.75, 3.05) is 0 Å². The first-order valence-corrected chi connectivity index (χ1v) is 28.0. The second kappa shape index (κ2) is 15.9. The Bertz CT molecular complexity index is 4070. The van der Waals surface area contributed by atoms with Crippen LogP contribution in [-0.4, -0.2) is 22.6 Å². The Morgan fingerprint density at radius 2 is 0.737 bits per heavy atom. The molecule has 0 fully saturated rings. The summed E-state index contributed by atoms with van der Waals surface area (Å²) in [6.07, 6.45) is 3.80. The molecule has 4 nitrogen and oxygen atoms in total. The zero-order chi connectivity index (χ0) is 51.8. The van der Waals surface area contributed by atoms with E-state index in [0.29, 0.717) is 0 Å². The van der Waals surface area contributed by atoms with Crippen LogP contribution in [0.15, 0.2) is 146 Å². The Morgan fingerprint density at radius 1 is 0.368 bits per heavy atom. The summed E-state index contributed by atoms with van der Waals surface area (Å²) in [6, 6.07) is 56.7. The van der Waals surface area contributed by atoms with Crippen molar-refractivity contribution in [3.63, 3.8) is 0 Å². The highest BCUT2D eigenvalue weighted by Gasteiger charge is 2.50. The topological polar surface area (TPSA) is 28.3 Å². The summed E-state index contributed by atoms with van der Waals surface area (Å²) in [5.74, 6) is 3.67. The molecule has 0 unspecified atom stereocenters. The quantitative estimate of drug-likeness (QED) is 0.155. The van der Waals surface area contributed by atoms with Gasteiger partial charge in [0.25, 0.3) is 13.4 Å². The lowest BCUT2D eigenvalue weighted by Gasteiger charge is -2.41. The van der Waals surface area contributed by atoms with Crippen molar-refractivity contribution in [2.45, 2.75) is 106 Å². The molecular weight excluding hydrogens is 922 g/mol. The van der Waals surface area contributed by atoms with E-state index in [1.165, 1.54) is 121 Å². The number of hydrogen-bond acceptors (Lipinski definition) is 2. The van der Waals surface area contributed by atoms with Crippen molar-refractivity contribution in [1.29, 1.82) is 0 Å². The third-order valence-electron chi connectivity index (χ3n) is 18.0. The molecule has 76 heavy (non-hydrogen) atoms. The minimum atomic E-state index is -0.131. The number of aryl methyl sites for hydroxylation is 4. The first kappa shape index (κ1) is 45.7. The highest BCUT2D eigenvalue weighted by molar-refractivity contribution is 7.02. The SMILES string of the molecule is CCc1ccc2c(c1)c1cc(CC)cc3c1n2-c1c2c4c(c5c1B3c1ccc(-c3ccc(C(C)(C)C)cc3)cc1O5)-n1c3ccc(CC)cc3c3cc(CC)cc(c31)B4c1ccc(-c3ccc(C(C)(C)C)cc3)cc1O2. The van der Waals surface area contributed by atoms with Crippen molar-refractivity contribution in [1.82, 2.24) is 9.13 Å². The largest absolute Gasteiger partial charge is 0.456 e. The van der Waals surface area contributed by atoms with E-state index >= 15 is 0 Å². The molecule has 15 rings (SSSR count). The molecule has 0 spiro atoms. The molecule has 0 atom stereocenters. The van der Waals surface area contributed by atoms with Crippen LogP contribution in [0.25, 0.3) is 77.2 Å². The van der Waals surface area contributed by atoms with Gasteiger partial charge in [-0.05, 0) is 163 Å². The van der Waals surface area contributed by atoms with Crippen LogP contribution in [0.4, 0.5) is 0 Å².